The molecule has 10 heteroatoms. The predicted octanol–water partition coefficient (Wildman–Crippen LogP) is 2.90. The van der Waals surface area contributed by atoms with E-state index in [0.29, 0.717) is 17.9 Å². The zero-order chi connectivity index (χ0) is 19.7. The maximum absolute atomic E-state index is 12.8. The second-order valence-corrected chi connectivity index (χ2v) is 6.97. The van der Waals surface area contributed by atoms with Crippen LogP contribution < -0.4 is 10.5 Å². The highest BCUT2D eigenvalue weighted by Gasteiger charge is 2.26. The summed E-state index contributed by atoms with van der Waals surface area (Å²) in [4.78, 5) is 32.6. The molecule has 144 valence electrons. The molecule has 0 spiro atoms. The molecule has 9 nitrogen and oxygen atoms in total. The maximum Gasteiger partial charge on any atom is 0.292 e. The van der Waals surface area contributed by atoms with Crippen molar-refractivity contribution in [1.82, 2.24) is 19.7 Å². The number of imidazole rings is 1. The smallest absolute Gasteiger partial charge is 0.292 e. The molecule has 1 atom stereocenters. The molecule has 0 saturated carbocycles. The van der Waals surface area contributed by atoms with Gasteiger partial charge >= 0.3 is 0 Å². The van der Waals surface area contributed by atoms with Gasteiger partial charge in [-0.3, -0.25) is 14.9 Å². The van der Waals surface area contributed by atoms with Gasteiger partial charge in [0.05, 0.1) is 22.5 Å². The summed E-state index contributed by atoms with van der Waals surface area (Å²) in [6.45, 7) is 1.47. The van der Waals surface area contributed by atoms with Crippen molar-refractivity contribution in [3.63, 3.8) is 0 Å². The third-order valence-corrected chi connectivity index (χ3v) is 5.23. The molecular formula is C18H17ClN6O3. The number of nitro groups is 1. The van der Waals surface area contributed by atoms with Crippen LogP contribution in [0.1, 0.15) is 24.6 Å². The van der Waals surface area contributed by atoms with E-state index in [1.165, 1.54) is 24.3 Å². The van der Waals surface area contributed by atoms with Crippen LogP contribution >= 0.6 is 11.6 Å². The van der Waals surface area contributed by atoms with Crippen molar-refractivity contribution in [3.8, 4) is 5.69 Å². The minimum atomic E-state index is -0.498. The number of nitrogens with one attached hydrogen (secondary N) is 1. The molecule has 1 aliphatic heterocycles. The number of H-pyrrole nitrogens is 1. The Morgan fingerprint density at radius 2 is 2.07 bits per heavy atom. The molecular weight excluding hydrogens is 384 g/mol. The van der Waals surface area contributed by atoms with Crippen molar-refractivity contribution in [2.24, 2.45) is 0 Å². The van der Waals surface area contributed by atoms with Crippen molar-refractivity contribution in [2.75, 3.05) is 18.0 Å². The number of hydrogen-bond donors (Lipinski definition) is 1. The van der Waals surface area contributed by atoms with E-state index in [0.717, 1.165) is 29.9 Å². The predicted molar refractivity (Wildman–Crippen MR) is 104 cm³/mol. The molecule has 0 radical (unpaired) electrons. The van der Waals surface area contributed by atoms with Gasteiger partial charge in [-0.2, -0.15) is 9.78 Å². The summed E-state index contributed by atoms with van der Waals surface area (Å²) in [6, 6.07) is 5.58. The van der Waals surface area contributed by atoms with Crippen molar-refractivity contribution < 1.29 is 4.92 Å². The van der Waals surface area contributed by atoms with Crippen molar-refractivity contribution in [2.45, 2.75) is 18.8 Å². The van der Waals surface area contributed by atoms with Crippen LogP contribution in [0.15, 0.2) is 47.7 Å². The molecule has 3 heterocycles. The summed E-state index contributed by atoms with van der Waals surface area (Å²) in [6.07, 6.45) is 7.06. The largest absolute Gasteiger partial charge is 0.368 e. The van der Waals surface area contributed by atoms with E-state index in [1.807, 2.05) is 4.90 Å². The second-order valence-electron chi connectivity index (χ2n) is 6.59. The molecule has 1 saturated heterocycles. The van der Waals surface area contributed by atoms with Crippen LogP contribution in [0.3, 0.4) is 0 Å². The fourth-order valence-corrected chi connectivity index (χ4v) is 3.71. The molecule has 1 fully saturated rings. The zero-order valence-electron chi connectivity index (χ0n) is 14.8. The number of piperidine rings is 1. The highest BCUT2D eigenvalue weighted by atomic mass is 35.5. The molecule has 1 unspecified atom stereocenters. The Morgan fingerprint density at radius 3 is 2.75 bits per heavy atom. The minimum Gasteiger partial charge on any atom is -0.368 e. The Balaban J connectivity index is 1.62. The number of anilines is 1. The van der Waals surface area contributed by atoms with Gasteiger partial charge in [0, 0.05) is 43.5 Å². The fraction of sp³-hybridized carbons (Fsp3) is 0.278. The Morgan fingerprint density at radius 1 is 1.29 bits per heavy atom. The average molecular weight is 401 g/mol. The van der Waals surface area contributed by atoms with Crippen LogP contribution in [0.25, 0.3) is 5.69 Å². The molecule has 2 aromatic heterocycles. The number of halogens is 1. The second kappa shape index (κ2) is 7.43. The molecule has 1 aliphatic rings. The van der Waals surface area contributed by atoms with Crippen LogP contribution in [0.4, 0.5) is 11.4 Å². The minimum absolute atomic E-state index is 0.0585. The lowest BCUT2D eigenvalue weighted by molar-refractivity contribution is -0.384. The molecule has 0 bridgehead atoms. The highest BCUT2D eigenvalue weighted by molar-refractivity contribution is 6.33. The van der Waals surface area contributed by atoms with Gasteiger partial charge in [0.1, 0.15) is 10.8 Å². The van der Waals surface area contributed by atoms with Crippen molar-refractivity contribution >= 4 is 23.0 Å². The number of hydrogen-bond acceptors (Lipinski definition) is 6. The van der Waals surface area contributed by atoms with E-state index in [4.69, 9.17) is 11.6 Å². The number of nitrogens with zero attached hydrogens (tertiary/aromatic N) is 5. The topological polar surface area (TPSA) is 110 Å². The molecule has 28 heavy (non-hydrogen) atoms. The summed E-state index contributed by atoms with van der Waals surface area (Å²) < 4.78 is 1.14. The van der Waals surface area contributed by atoms with E-state index in [9.17, 15) is 14.9 Å². The van der Waals surface area contributed by atoms with Crippen LogP contribution in [0.5, 0.6) is 0 Å². The highest BCUT2D eigenvalue weighted by Crippen LogP contribution is 2.30. The normalized spacial score (nSPS) is 16.9. The first-order valence-electron chi connectivity index (χ1n) is 8.81. The first kappa shape index (κ1) is 18.2. The van der Waals surface area contributed by atoms with Gasteiger partial charge in [-0.15, -0.1) is 0 Å². The SMILES string of the molecule is O=c1c(Cl)c(N2CCCC(c3ncc[nH]3)C2)cnn1-c1ccc([N+](=O)[O-])cc1. The zero-order valence-corrected chi connectivity index (χ0v) is 15.5. The first-order valence-corrected chi connectivity index (χ1v) is 9.19. The van der Waals surface area contributed by atoms with Crippen LogP contribution in [0, 0.1) is 10.1 Å². The Kier molecular flexibility index (Phi) is 4.82. The number of nitro benzene ring substituents is 1. The van der Waals surface area contributed by atoms with E-state index < -0.39 is 10.5 Å². The van der Waals surface area contributed by atoms with E-state index in [-0.39, 0.29) is 16.6 Å². The van der Waals surface area contributed by atoms with Crippen LogP contribution in [-0.4, -0.2) is 37.8 Å². The molecule has 3 aromatic rings. The third kappa shape index (κ3) is 3.36. The summed E-state index contributed by atoms with van der Waals surface area (Å²) in [7, 11) is 0. The summed E-state index contributed by atoms with van der Waals surface area (Å²) in [5.74, 6) is 1.16. The first-order chi connectivity index (χ1) is 13.5. The van der Waals surface area contributed by atoms with Crippen molar-refractivity contribution in [1.29, 1.82) is 0 Å². The lowest BCUT2D eigenvalue weighted by Crippen LogP contribution is -2.36. The van der Waals surface area contributed by atoms with E-state index in [1.54, 1.807) is 18.6 Å². The molecule has 1 aromatic carbocycles. The molecule has 1 N–H and O–H groups in total. The lowest BCUT2D eigenvalue weighted by Gasteiger charge is -2.33. The van der Waals surface area contributed by atoms with E-state index >= 15 is 0 Å². The number of aromatic nitrogens is 4. The number of aromatic amines is 1. The quantitative estimate of drug-likeness (QED) is 0.532. The number of non-ortho nitro benzene ring substituents is 1. The van der Waals surface area contributed by atoms with Gasteiger partial charge in [-0.25, -0.2) is 4.98 Å². The Labute approximate surface area is 164 Å². The Hall–Kier alpha value is -3.20. The van der Waals surface area contributed by atoms with Gasteiger partial charge < -0.3 is 9.88 Å². The Bertz CT molecular complexity index is 1050. The fourth-order valence-electron chi connectivity index (χ4n) is 3.46. The summed E-state index contributed by atoms with van der Waals surface area (Å²) in [5, 5.41) is 15.1. The van der Waals surface area contributed by atoms with Gasteiger partial charge in [-0.1, -0.05) is 11.6 Å². The van der Waals surface area contributed by atoms with Crippen LogP contribution in [-0.2, 0) is 0 Å². The molecule has 0 amide bonds. The number of rotatable bonds is 4. The average Bonchev–Trinajstić information content (AvgIpc) is 3.25. The van der Waals surface area contributed by atoms with Gasteiger partial charge in [0.15, 0.2) is 0 Å². The summed E-state index contributed by atoms with van der Waals surface area (Å²) in [5.41, 5.74) is 0.474. The van der Waals surface area contributed by atoms with Crippen molar-refractivity contribution in [3.05, 3.63) is 74.2 Å². The lowest BCUT2D eigenvalue weighted by atomic mass is 9.97. The van der Waals surface area contributed by atoms with E-state index in [2.05, 4.69) is 15.1 Å². The molecule has 0 aliphatic carbocycles. The summed E-state index contributed by atoms with van der Waals surface area (Å²) >= 11 is 6.39. The standard InChI is InChI=1S/C18H17ClN6O3/c19-16-15(23-9-1-2-12(11-23)17-20-7-8-21-17)10-22-24(18(16)26)13-3-5-14(6-4-13)25(27)28/h3-8,10,12H,1-2,9,11H2,(H,20,21). The monoisotopic (exact) mass is 400 g/mol. The third-order valence-electron chi connectivity index (χ3n) is 4.87. The van der Waals surface area contributed by atoms with Gasteiger partial charge in [-0.05, 0) is 25.0 Å². The van der Waals surface area contributed by atoms with Gasteiger partial charge in [0.25, 0.3) is 11.2 Å². The van der Waals surface area contributed by atoms with Crippen LogP contribution in [0.2, 0.25) is 5.02 Å². The number of benzene rings is 1. The molecule has 4 rings (SSSR count). The van der Waals surface area contributed by atoms with Gasteiger partial charge in [0.2, 0.25) is 0 Å². The maximum atomic E-state index is 12.8.